The minimum atomic E-state index is -0.677. The lowest BCUT2D eigenvalue weighted by molar-refractivity contribution is -0.113. The van der Waals surface area contributed by atoms with Crippen molar-refractivity contribution >= 4 is 23.4 Å². The molecule has 0 aliphatic rings. The maximum atomic E-state index is 13.5. The van der Waals surface area contributed by atoms with Crippen molar-refractivity contribution in [1.82, 2.24) is 9.97 Å². The summed E-state index contributed by atoms with van der Waals surface area (Å²) in [6.45, 7) is 1.93. The van der Waals surface area contributed by atoms with Gasteiger partial charge in [0, 0.05) is 18.2 Å². The number of carbonyl (C=O) groups excluding carboxylic acids is 1. The third-order valence-corrected chi connectivity index (χ3v) is 4.59. The van der Waals surface area contributed by atoms with E-state index in [4.69, 9.17) is 0 Å². The van der Waals surface area contributed by atoms with Crippen LogP contribution in [0, 0.1) is 18.6 Å². The Kier molecular flexibility index (Phi) is 5.68. The summed E-state index contributed by atoms with van der Waals surface area (Å²) in [6, 6.07) is 12.9. The SMILES string of the molecule is Cc1[nH]c(SCC(=O)Nc2cc(F)ccc2F)nc1Cc1ccccc1. The third kappa shape index (κ3) is 4.70. The average molecular weight is 373 g/mol. The molecule has 1 heterocycles. The molecule has 134 valence electrons. The molecule has 0 fully saturated rings. The normalized spacial score (nSPS) is 10.7. The molecule has 0 aliphatic heterocycles. The van der Waals surface area contributed by atoms with Gasteiger partial charge in [-0.05, 0) is 24.6 Å². The lowest BCUT2D eigenvalue weighted by atomic mass is 10.1. The van der Waals surface area contributed by atoms with Crippen LogP contribution in [0.25, 0.3) is 0 Å². The molecule has 1 amide bonds. The van der Waals surface area contributed by atoms with Gasteiger partial charge in [-0.1, -0.05) is 42.1 Å². The second-order valence-electron chi connectivity index (χ2n) is 5.74. The number of anilines is 1. The van der Waals surface area contributed by atoms with Gasteiger partial charge >= 0.3 is 0 Å². The highest BCUT2D eigenvalue weighted by atomic mass is 32.2. The van der Waals surface area contributed by atoms with Crippen LogP contribution < -0.4 is 5.32 Å². The topological polar surface area (TPSA) is 57.8 Å². The maximum absolute atomic E-state index is 13.5. The predicted octanol–water partition coefficient (Wildman–Crippen LogP) is 4.32. The Bertz CT molecular complexity index is 912. The second-order valence-corrected chi connectivity index (χ2v) is 6.70. The summed E-state index contributed by atoms with van der Waals surface area (Å²) in [6.07, 6.45) is 0.699. The van der Waals surface area contributed by atoms with E-state index in [1.807, 2.05) is 37.3 Å². The fourth-order valence-electron chi connectivity index (χ4n) is 2.41. The molecule has 0 saturated heterocycles. The first kappa shape index (κ1) is 18.1. The summed E-state index contributed by atoms with van der Waals surface area (Å²) in [5, 5.41) is 2.98. The number of hydrogen-bond donors (Lipinski definition) is 2. The van der Waals surface area contributed by atoms with Crippen molar-refractivity contribution < 1.29 is 13.6 Å². The monoisotopic (exact) mass is 373 g/mol. The number of aromatic nitrogens is 2. The van der Waals surface area contributed by atoms with Gasteiger partial charge in [0.1, 0.15) is 11.6 Å². The number of amides is 1. The third-order valence-electron chi connectivity index (χ3n) is 3.72. The number of aryl methyl sites for hydroxylation is 1. The van der Waals surface area contributed by atoms with Crippen molar-refractivity contribution in [2.45, 2.75) is 18.5 Å². The molecule has 0 bridgehead atoms. The molecule has 0 radical (unpaired) electrons. The smallest absolute Gasteiger partial charge is 0.234 e. The van der Waals surface area contributed by atoms with Crippen molar-refractivity contribution in [3.8, 4) is 0 Å². The largest absolute Gasteiger partial charge is 0.337 e. The highest BCUT2D eigenvalue weighted by molar-refractivity contribution is 7.99. The van der Waals surface area contributed by atoms with Crippen molar-refractivity contribution in [3.05, 3.63) is 77.1 Å². The predicted molar refractivity (Wildman–Crippen MR) is 98.3 cm³/mol. The number of hydrogen-bond acceptors (Lipinski definition) is 3. The van der Waals surface area contributed by atoms with Crippen LogP contribution >= 0.6 is 11.8 Å². The van der Waals surface area contributed by atoms with Gasteiger partial charge in [0.05, 0.1) is 17.1 Å². The standard InChI is InChI=1S/C19H17F2N3OS/c1-12-16(9-13-5-3-2-4-6-13)24-19(22-12)26-11-18(25)23-17-10-14(20)7-8-15(17)21/h2-8,10H,9,11H2,1H3,(H,22,24)(H,23,25). The highest BCUT2D eigenvalue weighted by Gasteiger charge is 2.12. The molecule has 2 aromatic carbocycles. The van der Waals surface area contributed by atoms with Crippen molar-refractivity contribution in [1.29, 1.82) is 0 Å². The number of imidazole rings is 1. The number of aromatic amines is 1. The number of H-pyrrole nitrogens is 1. The Labute approximate surface area is 154 Å². The Morgan fingerprint density at radius 1 is 1.19 bits per heavy atom. The molecule has 0 spiro atoms. The molecule has 0 saturated carbocycles. The average Bonchev–Trinajstić information content (AvgIpc) is 2.97. The van der Waals surface area contributed by atoms with Crippen LogP contribution in [0.1, 0.15) is 17.0 Å². The molecule has 26 heavy (non-hydrogen) atoms. The zero-order valence-electron chi connectivity index (χ0n) is 14.1. The maximum Gasteiger partial charge on any atom is 0.234 e. The van der Waals surface area contributed by atoms with Crippen LogP contribution in [-0.2, 0) is 11.2 Å². The zero-order chi connectivity index (χ0) is 18.5. The molecule has 0 unspecified atom stereocenters. The van der Waals surface area contributed by atoms with E-state index >= 15 is 0 Å². The van der Waals surface area contributed by atoms with E-state index in [-0.39, 0.29) is 11.4 Å². The van der Waals surface area contributed by atoms with Gasteiger partial charge in [-0.15, -0.1) is 0 Å². The highest BCUT2D eigenvalue weighted by Crippen LogP contribution is 2.20. The van der Waals surface area contributed by atoms with E-state index < -0.39 is 17.5 Å². The van der Waals surface area contributed by atoms with Crippen LogP contribution in [-0.4, -0.2) is 21.6 Å². The lowest BCUT2D eigenvalue weighted by Crippen LogP contribution is -2.15. The first-order valence-electron chi connectivity index (χ1n) is 7.98. The zero-order valence-corrected chi connectivity index (χ0v) is 14.9. The van der Waals surface area contributed by atoms with Crippen LogP contribution in [0.5, 0.6) is 0 Å². The van der Waals surface area contributed by atoms with Crippen LogP contribution in [0.3, 0.4) is 0 Å². The number of carbonyl (C=O) groups is 1. The van der Waals surface area contributed by atoms with Gasteiger partial charge in [0.25, 0.3) is 0 Å². The van der Waals surface area contributed by atoms with Gasteiger partial charge < -0.3 is 10.3 Å². The summed E-state index contributed by atoms with van der Waals surface area (Å²) in [5.41, 5.74) is 2.83. The Morgan fingerprint density at radius 3 is 2.73 bits per heavy atom. The fourth-order valence-corrected chi connectivity index (χ4v) is 3.15. The van der Waals surface area contributed by atoms with E-state index in [0.717, 1.165) is 35.2 Å². The van der Waals surface area contributed by atoms with Gasteiger partial charge in [0.2, 0.25) is 5.91 Å². The molecule has 7 heteroatoms. The molecular weight excluding hydrogens is 356 g/mol. The number of thioether (sulfide) groups is 1. The molecule has 4 nitrogen and oxygen atoms in total. The molecule has 3 rings (SSSR count). The van der Waals surface area contributed by atoms with Gasteiger partial charge in [-0.2, -0.15) is 0 Å². The van der Waals surface area contributed by atoms with Crippen LogP contribution in [0.4, 0.5) is 14.5 Å². The quantitative estimate of drug-likeness (QED) is 0.633. The van der Waals surface area contributed by atoms with Crippen LogP contribution in [0.15, 0.2) is 53.7 Å². The number of nitrogens with one attached hydrogen (secondary N) is 2. The molecule has 2 N–H and O–H groups in total. The Hall–Kier alpha value is -2.67. The van der Waals surface area contributed by atoms with Crippen molar-refractivity contribution in [3.63, 3.8) is 0 Å². The lowest BCUT2D eigenvalue weighted by Gasteiger charge is -2.05. The first-order chi connectivity index (χ1) is 12.5. The summed E-state index contributed by atoms with van der Waals surface area (Å²) in [7, 11) is 0. The van der Waals surface area contributed by atoms with Crippen molar-refractivity contribution in [2.75, 3.05) is 11.1 Å². The number of rotatable bonds is 6. The molecule has 0 aliphatic carbocycles. The minimum Gasteiger partial charge on any atom is -0.337 e. The number of benzene rings is 2. The molecule has 1 aromatic heterocycles. The molecule has 3 aromatic rings. The first-order valence-corrected chi connectivity index (χ1v) is 8.97. The van der Waals surface area contributed by atoms with E-state index in [0.29, 0.717) is 11.6 Å². The molecular formula is C19H17F2N3OS. The Morgan fingerprint density at radius 2 is 1.96 bits per heavy atom. The minimum absolute atomic E-state index is 0.0354. The Balaban J connectivity index is 1.58. The van der Waals surface area contributed by atoms with E-state index in [2.05, 4.69) is 15.3 Å². The summed E-state index contributed by atoms with van der Waals surface area (Å²) in [4.78, 5) is 19.6. The van der Waals surface area contributed by atoms with Gasteiger partial charge in [0.15, 0.2) is 5.16 Å². The number of halogens is 2. The van der Waals surface area contributed by atoms with Crippen molar-refractivity contribution in [2.24, 2.45) is 0 Å². The van der Waals surface area contributed by atoms with E-state index in [9.17, 15) is 13.6 Å². The fraction of sp³-hybridized carbons (Fsp3) is 0.158. The second kappa shape index (κ2) is 8.14. The summed E-state index contributed by atoms with van der Waals surface area (Å²) < 4.78 is 26.7. The van der Waals surface area contributed by atoms with Crippen LogP contribution in [0.2, 0.25) is 0 Å². The van der Waals surface area contributed by atoms with Gasteiger partial charge in [-0.25, -0.2) is 13.8 Å². The molecule has 0 atom stereocenters. The van der Waals surface area contributed by atoms with Gasteiger partial charge in [-0.3, -0.25) is 4.79 Å². The van der Waals surface area contributed by atoms with E-state index in [1.54, 1.807) is 0 Å². The summed E-state index contributed by atoms with van der Waals surface area (Å²) in [5.74, 6) is -1.68. The van der Waals surface area contributed by atoms with E-state index in [1.165, 1.54) is 11.8 Å². The number of nitrogens with zero attached hydrogens (tertiary/aromatic N) is 1. The summed E-state index contributed by atoms with van der Waals surface area (Å²) >= 11 is 1.21.